The Balaban J connectivity index is 2.67. The minimum atomic E-state index is -0.130. The molecule has 0 bridgehead atoms. The number of methoxy groups -OCH3 is 1. The molecule has 0 aliphatic carbocycles. The molecule has 1 unspecified atom stereocenters. The Hall–Kier alpha value is -1.55. The lowest BCUT2D eigenvalue weighted by Crippen LogP contribution is -2.41. The predicted molar refractivity (Wildman–Crippen MR) is 86.1 cm³/mol. The highest BCUT2D eigenvalue weighted by Crippen LogP contribution is 2.21. The first-order valence-electron chi connectivity index (χ1n) is 7.44. The number of hydrogen-bond acceptors (Lipinski definition) is 3. The molecule has 4 nitrogen and oxygen atoms in total. The smallest absolute Gasteiger partial charge is 0.224 e. The molecule has 0 aliphatic heterocycles. The summed E-state index contributed by atoms with van der Waals surface area (Å²) in [5.41, 5.74) is 7.14. The molecule has 1 aromatic carbocycles. The maximum Gasteiger partial charge on any atom is 0.224 e. The van der Waals surface area contributed by atoms with Gasteiger partial charge in [-0.15, -0.1) is 0 Å². The fourth-order valence-electron chi connectivity index (χ4n) is 1.95. The van der Waals surface area contributed by atoms with Gasteiger partial charge in [0, 0.05) is 25.6 Å². The highest BCUT2D eigenvalue weighted by Gasteiger charge is 2.25. The molecule has 4 heteroatoms. The first kappa shape index (κ1) is 17.5. The predicted octanol–water partition coefficient (Wildman–Crippen LogP) is 2.81. The molecule has 118 valence electrons. The summed E-state index contributed by atoms with van der Waals surface area (Å²) in [6, 6.07) is 7.66. The van der Waals surface area contributed by atoms with Crippen molar-refractivity contribution in [3.05, 3.63) is 29.8 Å². The van der Waals surface area contributed by atoms with Crippen LogP contribution in [0, 0.1) is 5.41 Å². The van der Waals surface area contributed by atoms with Crippen LogP contribution < -0.4 is 10.5 Å². The molecule has 21 heavy (non-hydrogen) atoms. The average molecular weight is 292 g/mol. The van der Waals surface area contributed by atoms with Crippen molar-refractivity contribution in [2.75, 3.05) is 13.7 Å². The molecule has 1 rings (SSSR count). The molecule has 0 aromatic heterocycles. The van der Waals surface area contributed by atoms with Gasteiger partial charge in [-0.25, -0.2) is 0 Å². The van der Waals surface area contributed by atoms with E-state index in [1.54, 1.807) is 7.11 Å². The second kappa shape index (κ2) is 7.46. The summed E-state index contributed by atoms with van der Waals surface area (Å²) in [5.74, 6) is 0.929. The van der Waals surface area contributed by atoms with Crippen molar-refractivity contribution in [2.45, 2.75) is 46.7 Å². The van der Waals surface area contributed by atoms with E-state index < -0.39 is 0 Å². The monoisotopic (exact) mass is 292 g/mol. The number of ether oxygens (including phenoxy) is 1. The first-order chi connectivity index (χ1) is 9.77. The lowest BCUT2D eigenvalue weighted by atomic mass is 9.85. The lowest BCUT2D eigenvalue weighted by molar-refractivity contribution is -0.132. The third-order valence-electron chi connectivity index (χ3n) is 3.77. The Morgan fingerprint density at radius 2 is 1.86 bits per heavy atom. The Bertz CT molecular complexity index is 449. The molecule has 0 aliphatic rings. The third-order valence-corrected chi connectivity index (χ3v) is 3.77. The summed E-state index contributed by atoms with van der Waals surface area (Å²) >= 11 is 0. The summed E-state index contributed by atoms with van der Waals surface area (Å²) in [5, 5.41) is 0. The Kier molecular flexibility index (Phi) is 6.21. The highest BCUT2D eigenvalue weighted by molar-refractivity contribution is 5.76. The van der Waals surface area contributed by atoms with Gasteiger partial charge in [-0.05, 0) is 30.0 Å². The zero-order chi connectivity index (χ0) is 16.0. The molecule has 0 saturated heterocycles. The van der Waals surface area contributed by atoms with Gasteiger partial charge in [0.2, 0.25) is 5.91 Å². The van der Waals surface area contributed by atoms with E-state index in [1.807, 2.05) is 36.1 Å². The molecule has 1 amide bonds. The number of hydrogen-bond donors (Lipinski definition) is 1. The SMILES string of the molecule is CCN(Cc1ccc(OC)cc1)C(=O)CC(N)C(C)(C)C. The second-order valence-corrected chi connectivity index (χ2v) is 6.43. The van der Waals surface area contributed by atoms with E-state index in [4.69, 9.17) is 10.5 Å². The van der Waals surface area contributed by atoms with Crippen LogP contribution in [0.3, 0.4) is 0 Å². The van der Waals surface area contributed by atoms with Crippen molar-refractivity contribution in [2.24, 2.45) is 11.1 Å². The first-order valence-corrected chi connectivity index (χ1v) is 7.44. The summed E-state index contributed by atoms with van der Waals surface area (Å²) < 4.78 is 5.14. The van der Waals surface area contributed by atoms with Crippen LogP contribution in [-0.2, 0) is 11.3 Å². The Morgan fingerprint density at radius 1 is 1.29 bits per heavy atom. The molecular formula is C17H28N2O2. The molecule has 1 atom stereocenters. The summed E-state index contributed by atoms with van der Waals surface area (Å²) in [6.07, 6.45) is 0.382. The highest BCUT2D eigenvalue weighted by atomic mass is 16.5. The van der Waals surface area contributed by atoms with E-state index in [0.717, 1.165) is 11.3 Å². The van der Waals surface area contributed by atoms with Crippen LogP contribution in [-0.4, -0.2) is 30.5 Å². The topological polar surface area (TPSA) is 55.6 Å². The van der Waals surface area contributed by atoms with Gasteiger partial charge in [-0.3, -0.25) is 4.79 Å². The molecule has 1 aromatic rings. The number of amides is 1. The summed E-state index contributed by atoms with van der Waals surface area (Å²) in [7, 11) is 1.64. The van der Waals surface area contributed by atoms with Gasteiger partial charge in [0.05, 0.1) is 7.11 Å². The van der Waals surface area contributed by atoms with Gasteiger partial charge < -0.3 is 15.4 Å². The molecule has 0 spiro atoms. The number of carbonyl (C=O) groups is 1. The lowest BCUT2D eigenvalue weighted by Gasteiger charge is -2.29. The van der Waals surface area contributed by atoms with Crippen LogP contribution in [0.4, 0.5) is 0 Å². The summed E-state index contributed by atoms with van der Waals surface area (Å²) in [6.45, 7) is 9.46. The van der Waals surface area contributed by atoms with Crippen LogP contribution in [0.25, 0.3) is 0 Å². The van der Waals surface area contributed by atoms with Crippen molar-refractivity contribution in [3.63, 3.8) is 0 Å². The van der Waals surface area contributed by atoms with Crippen LogP contribution >= 0.6 is 0 Å². The van der Waals surface area contributed by atoms with Gasteiger partial charge >= 0.3 is 0 Å². The Morgan fingerprint density at radius 3 is 2.29 bits per heavy atom. The normalized spacial score (nSPS) is 12.9. The van der Waals surface area contributed by atoms with Crippen LogP contribution in [0.15, 0.2) is 24.3 Å². The van der Waals surface area contributed by atoms with Crippen molar-refractivity contribution < 1.29 is 9.53 Å². The average Bonchev–Trinajstić information content (AvgIpc) is 2.44. The van der Waals surface area contributed by atoms with Crippen molar-refractivity contribution in [1.29, 1.82) is 0 Å². The molecular weight excluding hydrogens is 264 g/mol. The molecule has 0 fully saturated rings. The molecule has 0 heterocycles. The zero-order valence-corrected chi connectivity index (χ0v) is 13.8. The van der Waals surface area contributed by atoms with Crippen molar-refractivity contribution in [1.82, 2.24) is 4.90 Å². The third kappa shape index (κ3) is 5.38. The minimum Gasteiger partial charge on any atom is -0.497 e. The maximum absolute atomic E-state index is 12.4. The number of nitrogens with zero attached hydrogens (tertiary/aromatic N) is 1. The van der Waals surface area contributed by atoms with Crippen molar-refractivity contribution >= 4 is 5.91 Å². The van der Waals surface area contributed by atoms with Gasteiger partial charge in [-0.2, -0.15) is 0 Å². The number of rotatable bonds is 6. The van der Waals surface area contributed by atoms with E-state index in [-0.39, 0.29) is 17.4 Å². The number of nitrogens with two attached hydrogens (primary N) is 1. The largest absolute Gasteiger partial charge is 0.497 e. The molecule has 2 N–H and O–H groups in total. The maximum atomic E-state index is 12.4. The van der Waals surface area contributed by atoms with Crippen molar-refractivity contribution in [3.8, 4) is 5.75 Å². The minimum absolute atomic E-state index is 0.0603. The van der Waals surface area contributed by atoms with E-state index >= 15 is 0 Å². The van der Waals surface area contributed by atoms with Gasteiger partial charge in [-0.1, -0.05) is 32.9 Å². The summed E-state index contributed by atoms with van der Waals surface area (Å²) in [4.78, 5) is 14.2. The standard InChI is InChI=1S/C17H28N2O2/c1-6-19(16(20)11-15(18)17(2,3)4)12-13-7-9-14(21-5)10-8-13/h7-10,15H,6,11-12,18H2,1-5H3. The number of carbonyl (C=O) groups excluding carboxylic acids is 1. The molecule has 0 radical (unpaired) electrons. The van der Waals surface area contributed by atoms with Gasteiger partial charge in [0.1, 0.15) is 5.75 Å². The fourth-order valence-corrected chi connectivity index (χ4v) is 1.95. The fraction of sp³-hybridized carbons (Fsp3) is 0.588. The van der Waals surface area contributed by atoms with Gasteiger partial charge in [0.25, 0.3) is 0 Å². The molecule has 0 saturated carbocycles. The van der Waals surface area contributed by atoms with E-state index in [1.165, 1.54) is 0 Å². The van der Waals surface area contributed by atoms with Crippen LogP contribution in [0.5, 0.6) is 5.75 Å². The zero-order valence-electron chi connectivity index (χ0n) is 13.8. The number of benzene rings is 1. The quantitative estimate of drug-likeness (QED) is 0.877. The van der Waals surface area contributed by atoms with E-state index in [2.05, 4.69) is 20.8 Å². The van der Waals surface area contributed by atoms with Gasteiger partial charge in [0.15, 0.2) is 0 Å². The van der Waals surface area contributed by atoms with Crippen LogP contribution in [0.1, 0.15) is 39.7 Å². The van der Waals surface area contributed by atoms with Crippen LogP contribution in [0.2, 0.25) is 0 Å². The Labute approximate surface area is 128 Å². The van der Waals surface area contributed by atoms with E-state index in [0.29, 0.717) is 19.5 Å². The second-order valence-electron chi connectivity index (χ2n) is 6.43. The van der Waals surface area contributed by atoms with E-state index in [9.17, 15) is 4.79 Å².